The van der Waals surface area contributed by atoms with Crippen molar-refractivity contribution in [2.45, 2.75) is 18.4 Å². The van der Waals surface area contributed by atoms with E-state index in [1.165, 1.54) is 0 Å². The number of hydrogen-bond donors (Lipinski definition) is 2. The lowest BCUT2D eigenvalue weighted by molar-refractivity contribution is -0.121. The first-order valence-corrected chi connectivity index (χ1v) is 8.38. The molecule has 1 fully saturated rings. The second kappa shape index (κ2) is 6.54. The summed E-state index contributed by atoms with van der Waals surface area (Å²) < 4.78 is 5.27. The summed E-state index contributed by atoms with van der Waals surface area (Å²) in [6, 6.07) is 11.4. The van der Waals surface area contributed by atoms with Gasteiger partial charge in [0, 0.05) is 23.9 Å². The van der Waals surface area contributed by atoms with Gasteiger partial charge < -0.3 is 14.9 Å². The van der Waals surface area contributed by atoms with Gasteiger partial charge in [0.1, 0.15) is 0 Å². The topological polar surface area (TPSA) is 75.4 Å². The summed E-state index contributed by atoms with van der Waals surface area (Å²) in [7, 11) is 0. The minimum atomic E-state index is -0.765. The number of carbonyl (C=O) groups is 1. The minimum Gasteiger partial charge on any atom is -0.387 e. The Morgan fingerprint density at radius 3 is 2.95 bits per heavy atom. The average molecular weight is 318 g/mol. The Balaban J connectivity index is 1.55. The van der Waals surface area contributed by atoms with Crippen molar-refractivity contribution in [3.05, 3.63) is 42.1 Å². The van der Waals surface area contributed by atoms with Crippen molar-refractivity contribution >= 4 is 17.7 Å². The maximum absolute atomic E-state index is 11.9. The Morgan fingerprint density at radius 1 is 1.41 bits per heavy atom. The highest BCUT2D eigenvalue weighted by Crippen LogP contribution is 2.27. The lowest BCUT2D eigenvalue weighted by Gasteiger charge is -2.21. The van der Waals surface area contributed by atoms with Crippen LogP contribution in [0, 0.1) is 0 Å². The fourth-order valence-electron chi connectivity index (χ4n) is 2.36. The molecule has 1 atom stereocenters. The van der Waals surface area contributed by atoms with Crippen molar-refractivity contribution in [3.8, 4) is 11.3 Å². The molecule has 0 spiro atoms. The quantitative estimate of drug-likeness (QED) is 0.880. The Bertz CT molecular complexity index is 636. The third-order valence-electron chi connectivity index (χ3n) is 3.66. The van der Waals surface area contributed by atoms with Crippen LogP contribution >= 0.6 is 11.8 Å². The smallest absolute Gasteiger partial charge is 0.226 e. The highest BCUT2D eigenvalue weighted by atomic mass is 32.2. The van der Waals surface area contributed by atoms with E-state index in [0.717, 1.165) is 17.7 Å². The van der Waals surface area contributed by atoms with Crippen molar-refractivity contribution in [2.75, 3.05) is 18.1 Å². The normalized spacial score (nSPS) is 21.0. The predicted molar refractivity (Wildman–Crippen MR) is 85.5 cm³/mol. The molecule has 0 bridgehead atoms. The molecule has 2 heterocycles. The first-order chi connectivity index (χ1) is 10.6. The molecule has 1 aromatic carbocycles. The van der Waals surface area contributed by atoms with Crippen LogP contribution in [-0.4, -0.2) is 39.8 Å². The second-order valence-corrected chi connectivity index (χ2v) is 6.63. The lowest BCUT2D eigenvalue weighted by atomic mass is 10.0. The van der Waals surface area contributed by atoms with E-state index in [1.54, 1.807) is 17.8 Å². The molecule has 1 saturated heterocycles. The summed E-state index contributed by atoms with van der Waals surface area (Å²) in [5, 5.41) is 16.9. The van der Waals surface area contributed by atoms with Gasteiger partial charge in [-0.15, -0.1) is 0 Å². The van der Waals surface area contributed by atoms with Crippen molar-refractivity contribution in [2.24, 2.45) is 0 Å². The number of nitrogens with zero attached hydrogens (tertiary/aromatic N) is 1. The molecule has 2 aromatic rings. The molecule has 1 aromatic heterocycles. The number of aromatic nitrogens is 1. The number of rotatable bonds is 5. The Hall–Kier alpha value is -1.79. The van der Waals surface area contributed by atoms with Crippen LogP contribution in [0.15, 0.2) is 40.9 Å². The molecule has 0 radical (unpaired) electrons. The zero-order valence-corrected chi connectivity index (χ0v) is 12.9. The van der Waals surface area contributed by atoms with E-state index in [9.17, 15) is 9.90 Å². The summed E-state index contributed by atoms with van der Waals surface area (Å²) in [6.07, 6.45) is 0.875. The fraction of sp³-hybridized carbons (Fsp3) is 0.375. The maximum Gasteiger partial charge on any atom is 0.226 e. The van der Waals surface area contributed by atoms with Gasteiger partial charge in [-0.25, -0.2) is 0 Å². The number of hydrogen-bond acceptors (Lipinski definition) is 5. The van der Waals surface area contributed by atoms with Crippen LogP contribution in [0.2, 0.25) is 0 Å². The predicted octanol–water partition coefficient (Wildman–Crippen LogP) is 1.87. The van der Waals surface area contributed by atoms with E-state index in [1.807, 2.05) is 30.3 Å². The third kappa shape index (κ3) is 3.69. The molecule has 116 valence electrons. The molecule has 22 heavy (non-hydrogen) atoms. The van der Waals surface area contributed by atoms with Crippen molar-refractivity contribution < 1.29 is 14.4 Å². The highest BCUT2D eigenvalue weighted by Gasteiger charge is 2.31. The molecule has 6 heteroatoms. The second-order valence-electron chi connectivity index (χ2n) is 5.53. The van der Waals surface area contributed by atoms with E-state index in [4.69, 9.17) is 4.52 Å². The van der Waals surface area contributed by atoms with Crippen LogP contribution in [0.1, 0.15) is 12.1 Å². The summed E-state index contributed by atoms with van der Waals surface area (Å²) in [6.45, 7) is 0.294. The SMILES string of the molecule is O=C(Cc1cc(-c2ccccc2)on1)NCC1(O)CCSC1. The van der Waals surface area contributed by atoms with Gasteiger partial charge in [0.2, 0.25) is 5.91 Å². The first-order valence-electron chi connectivity index (χ1n) is 7.22. The third-order valence-corrected chi connectivity index (χ3v) is 4.89. The van der Waals surface area contributed by atoms with Crippen LogP contribution in [0.5, 0.6) is 0 Å². The first kappa shape index (κ1) is 15.1. The van der Waals surface area contributed by atoms with E-state index in [0.29, 0.717) is 23.8 Å². The van der Waals surface area contributed by atoms with Gasteiger partial charge in [-0.05, 0) is 12.2 Å². The molecule has 1 aliphatic heterocycles. The zero-order valence-electron chi connectivity index (χ0n) is 12.1. The van der Waals surface area contributed by atoms with Crippen molar-refractivity contribution in [3.63, 3.8) is 0 Å². The van der Waals surface area contributed by atoms with Crippen LogP contribution in [0.25, 0.3) is 11.3 Å². The summed E-state index contributed by atoms with van der Waals surface area (Å²) in [5.41, 5.74) is 0.752. The Labute approximate surface area is 133 Å². The molecular weight excluding hydrogens is 300 g/mol. The van der Waals surface area contributed by atoms with Crippen LogP contribution in [-0.2, 0) is 11.2 Å². The summed E-state index contributed by atoms with van der Waals surface area (Å²) in [4.78, 5) is 11.9. The van der Waals surface area contributed by atoms with Gasteiger partial charge in [0.05, 0.1) is 17.7 Å². The van der Waals surface area contributed by atoms with Crippen LogP contribution in [0.3, 0.4) is 0 Å². The Kier molecular flexibility index (Phi) is 4.49. The number of carbonyl (C=O) groups excluding carboxylic acids is 1. The molecular formula is C16H18N2O3S. The molecule has 2 N–H and O–H groups in total. The largest absolute Gasteiger partial charge is 0.387 e. The molecule has 0 aliphatic carbocycles. The lowest BCUT2D eigenvalue weighted by Crippen LogP contribution is -2.43. The average Bonchev–Trinajstić information content (AvgIpc) is 3.16. The Morgan fingerprint density at radius 2 is 2.23 bits per heavy atom. The van der Waals surface area contributed by atoms with Crippen molar-refractivity contribution in [1.82, 2.24) is 10.5 Å². The minimum absolute atomic E-state index is 0.152. The van der Waals surface area contributed by atoms with E-state index >= 15 is 0 Å². The molecule has 1 amide bonds. The van der Waals surface area contributed by atoms with Gasteiger partial charge in [0.15, 0.2) is 5.76 Å². The maximum atomic E-state index is 11.9. The fourth-order valence-corrected chi connectivity index (χ4v) is 3.65. The molecule has 1 aliphatic rings. The number of nitrogens with one attached hydrogen (secondary N) is 1. The molecule has 5 nitrogen and oxygen atoms in total. The van der Waals surface area contributed by atoms with E-state index in [2.05, 4.69) is 10.5 Å². The molecule has 3 rings (SSSR count). The van der Waals surface area contributed by atoms with Crippen LogP contribution < -0.4 is 5.32 Å². The van der Waals surface area contributed by atoms with Gasteiger partial charge in [0.25, 0.3) is 0 Å². The van der Waals surface area contributed by atoms with Gasteiger partial charge in [-0.1, -0.05) is 35.5 Å². The summed E-state index contributed by atoms with van der Waals surface area (Å²) in [5.74, 6) is 2.11. The number of aliphatic hydroxyl groups is 1. The van der Waals surface area contributed by atoms with E-state index < -0.39 is 5.60 Å². The summed E-state index contributed by atoms with van der Waals surface area (Å²) >= 11 is 1.71. The van der Waals surface area contributed by atoms with Gasteiger partial charge in [-0.3, -0.25) is 4.79 Å². The number of thioether (sulfide) groups is 1. The van der Waals surface area contributed by atoms with Crippen LogP contribution in [0.4, 0.5) is 0 Å². The molecule has 1 unspecified atom stereocenters. The molecule has 0 saturated carbocycles. The zero-order chi connectivity index (χ0) is 15.4. The van der Waals surface area contributed by atoms with Gasteiger partial charge in [-0.2, -0.15) is 11.8 Å². The number of benzene rings is 1. The standard InChI is InChI=1S/C16H18N2O3S/c19-15(17-10-16(20)6-7-22-11-16)9-13-8-14(21-18-13)12-4-2-1-3-5-12/h1-5,8,20H,6-7,9-11H2,(H,17,19). The van der Waals surface area contributed by atoms with E-state index in [-0.39, 0.29) is 12.3 Å². The van der Waals surface area contributed by atoms with Gasteiger partial charge >= 0.3 is 0 Å². The van der Waals surface area contributed by atoms with Crippen molar-refractivity contribution in [1.29, 1.82) is 0 Å². The highest BCUT2D eigenvalue weighted by molar-refractivity contribution is 7.99. The number of amides is 1. The monoisotopic (exact) mass is 318 g/mol.